The van der Waals surface area contributed by atoms with E-state index in [-0.39, 0.29) is 23.2 Å². The predicted octanol–water partition coefficient (Wildman–Crippen LogP) is 6.02. The maximum atomic E-state index is 13.5. The summed E-state index contributed by atoms with van der Waals surface area (Å²) in [5.74, 6) is -0.470. The van der Waals surface area contributed by atoms with Crippen molar-refractivity contribution in [3.63, 3.8) is 0 Å². The molecular formula is C26H19F4N3O3S. The molecule has 0 saturated heterocycles. The summed E-state index contributed by atoms with van der Waals surface area (Å²) >= 11 is 0. The predicted molar refractivity (Wildman–Crippen MR) is 128 cm³/mol. The van der Waals surface area contributed by atoms with E-state index in [1.54, 1.807) is 6.07 Å². The van der Waals surface area contributed by atoms with Crippen molar-refractivity contribution in [1.82, 2.24) is 9.97 Å². The molecule has 4 aromatic rings. The zero-order valence-corrected chi connectivity index (χ0v) is 19.9. The first-order valence-corrected chi connectivity index (χ1v) is 12.6. The van der Waals surface area contributed by atoms with Crippen molar-refractivity contribution in [2.75, 3.05) is 11.3 Å². The van der Waals surface area contributed by atoms with Gasteiger partial charge in [0.2, 0.25) is 0 Å². The Labute approximate surface area is 210 Å². The molecule has 1 aliphatic heterocycles. The number of alkyl halides is 3. The second-order valence-electron chi connectivity index (χ2n) is 8.40. The van der Waals surface area contributed by atoms with Crippen molar-refractivity contribution in [3.05, 3.63) is 102 Å². The lowest BCUT2D eigenvalue weighted by atomic mass is 9.82. The Morgan fingerprint density at radius 2 is 1.70 bits per heavy atom. The average molecular weight is 530 g/mol. The Morgan fingerprint density at radius 1 is 0.946 bits per heavy atom. The molecule has 1 aliphatic rings. The summed E-state index contributed by atoms with van der Waals surface area (Å²) in [6.07, 6.45) is -1.49. The molecule has 3 aromatic carbocycles. The van der Waals surface area contributed by atoms with Gasteiger partial charge < -0.3 is 4.74 Å². The molecule has 0 amide bonds. The molecule has 1 atom stereocenters. The average Bonchev–Trinajstić information content (AvgIpc) is 2.88. The number of anilines is 1. The number of aromatic nitrogens is 2. The van der Waals surface area contributed by atoms with Gasteiger partial charge in [0, 0.05) is 23.7 Å². The standard InChI is InChI=1S/C26H19F4N3O3S/c27-18-4-1-16(2-5-18)23-13-17(26(28,29)30)3-7-20(23)21-10-12-36-24-14-19(6-8-22(21)24)37(34,35)33-25-9-11-31-15-32-25/h1-9,11,13-15,21H,10,12H2,(H,31,32,33)/t21-/m0/s1. The van der Waals surface area contributed by atoms with Crippen LogP contribution < -0.4 is 9.46 Å². The summed E-state index contributed by atoms with van der Waals surface area (Å²) in [5, 5.41) is 0. The SMILES string of the molecule is O=S(=O)(Nc1ccncn1)c1ccc2c(c1)OCC[C@H]2c1ccc(C(F)(F)F)cc1-c1ccc(F)cc1. The van der Waals surface area contributed by atoms with Crippen LogP contribution in [0.2, 0.25) is 0 Å². The Hall–Kier alpha value is -3.99. The molecule has 6 nitrogen and oxygen atoms in total. The van der Waals surface area contributed by atoms with Crippen molar-refractivity contribution in [1.29, 1.82) is 0 Å². The Morgan fingerprint density at radius 3 is 2.41 bits per heavy atom. The van der Waals surface area contributed by atoms with Gasteiger partial charge >= 0.3 is 6.18 Å². The number of nitrogens with zero attached hydrogens (tertiary/aromatic N) is 2. The summed E-state index contributed by atoms with van der Waals surface area (Å²) < 4.78 is 88.0. The van der Waals surface area contributed by atoms with E-state index in [9.17, 15) is 26.0 Å². The normalized spacial score (nSPS) is 15.5. The Balaban J connectivity index is 1.56. The van der Waals surface area contributed by atoms with Gasteiger partial charge in [-0.1, -0.05) is 24.3 Å². The molecule has 1 N–H and O–H groups in total. The highest BCUT2D eigenvalue weighted by molar-refractivity contribution is 7.92. The molecule has 0 radical (unpaired) electrons. The highest BCUT2D eigenvalue weighted by Gasteiger charge is 2.33. The third kappa shape index (κ3) is 5.12. The second-order valence-corrected chi connectivity index (χ2v) is 10.1. The zero-order valence-electron chi connectivity index (χ0n) is 19.0. The lowest BCUT2D eigenvalue weighted by Gasteiger charge is -2.29. The lowest BCUT2D eigenvalue weighted by Crippen LogP contribution is -2.18. The number of fused-ring (bicyclic) bond motifs is 1. The van der Waals surface area contributed by atoms with Crippen LogP contribution in [-0.4, -0.2) is 25.0 Å². The van der Waals surface area contributed by atoms with Crippen molar-refractivity contribution < 1.29 is 30.7 Å². The van der Waals surface area contributed by atoms with Crippen molar-refractivity contribution in [2.45, 2.75) is 23.4 Å². The van der Waals surface area contributed by atoms with Crippen molar-refractivity contribution in [2.24, 2.45) is 0 Å². The molecular weight excluding hydrogens is 510 g/mol. The second kappa shape index (κ2) is 9.47. The van der Waals surface area contributed by atoms with Gasteiger partial charge in [0.15, 0.2) is 0 Å². The number of hydrogen-bond donors (Lipinski definition) is 1. The van der Waals surface area contributed by atoms with E-state index in [0.29, 0.717) is 34.4 Å². The topological polar surface area (TPSA) is 81.2 Å². The molecule has 0 fully saturated rings. The quantitative estimate of drug-likeness (QED) is 0.320. The molecule has 0 unspecified atom stereocenters. The maximum absolute atomic E-state index is 13.5. The first-order chi connectivity index (χ1) is 17.6. The summed E-state index contributed by atoms with van der Waals surface area (Å²) in [6.45, 7) is 0.227. The number of benzene rings is 3. The van der Waals surface area contributed by atoms with E-state index in [2.05, 4.69) is 14.7 Å². The minimum Gasteiger partial charge on any atom is -0.493 e. The number of ether oxygens (including phenoxy) is 1. The number of rotatable bonds is 5. The fourth-order valence-electron chi connectivity index (χ4n) is 4.32. The van der Waals surface area contributed by atoms with Crippen LogP contribution in [0.15, 0.2) is 84.1 Å². The summed E-state index contributed by atoms with van der Waals surface area (Å²) in [5.41, 5.74) is 1.16. The number of sulfonamides is 1. The van der Waals surface area contributed by atoms with E-state index in [1.807, 2.05) is 0 Å². The maximum Gasteiger partial charge on any atom is 0.416 e. The minimum absolute atomic E-state index is 0.0586. The largest absolute Gasteiger partial charge is 0.493 e. The lowest BCUT2D eigenvalue weighted by molar-refractivity contribution is -0.137. The molecule has 0 saturated carbocycles. The van der Waals surface area contributed by atoms with E-state index >= 15 is 0 Å². The van der Waals surface area contributed by atoms with Gasteiger partial charge in [-0.25, -0.2) is 22.8 Å². The monoisotopic (exact) mass is 529 g/mol. The first kappa shape index (κ1) is 24.7. The Bertz CT molecular complexity index is 1540. The molecule has 0 spiro atoms. The molecule has 2 heterocycles. The Kier molecular flexibility index (Phi) is 6.32. The van der Waals surface area contributed by atoms with Gasteiger partial charge in [-0.3, -0.25) is 4.72 Å². The minimum atomic E-state index is -4.55. The smallest absolute Gasteiger partial charge is 0.416 e. The first-order valence-electron chi connectivity index (χ1n) is 11.1. The van der Waals surface area contributed by atoms with Gasteiger partial charge in [0.1, 0.15) is 23.7 Å². The third-order valence-corrected chi connectivity index (χ3v) is 7.42. The van der Waals surface area contributed by atoms with Crippen LogP contribution in [-0.2, 0) is 16.2 Å². The molecule has 190 valence electrons. The van der Waals surface area contributed by atoms with Crippen LogP contribution in [0, 0.1) is 5.82 Å². The summed E-state index contributed by atoms with van der Waals surface area (Å²) in [6, 6.07) is 14.5. The van der Waals surface area contributed by atoms with Crippen LogP contribution in [0.5, 0.6) is 5.75 Å². The molecule has 0 aliphatic carbocycles. The van der Waals surface area contributed by atoms with Crippen LogP contribution in [0.1, 0.15) is 29.0 Å². The molecule has 0 bridgehead atoms. The van der Waals surface area contributed by atoms with Gasteiger partial charge in [-0.15, -0.1) is 0 Å². The third-order valence-electron chi connectivity index (χ3n) is 6.07. The van der Waals surface area contributed by atoms with Crippen molar-refractivity contribution in [3.8, 4) is 16.9 Å². The van der Waals surface area contributed by atoms with Gasteiger partial charge in [-0.05, 0) is 59.5 Å². The highest BCUT2D eigenvalue weighted by Crippen LogP contribution is 2.44. The number of halogens is 4. The molecule has 1 aromatic heterocycles. The fourth-order valence-corrected chi connectivity index (χ4v) is 5.35. The molecule has 37 heavy (non-hydrogen) atoms. The van der Waals surface area contributed by atoms with Crippen LogP contribution in [0.3, 0.4) is 0 Å². The number of hydrogen-bond acceptors (Lipinski definition) is 5. The number of nitrogens with one attached hydrogen (secondary N) is 1. The summed E-state index contributed by atoms with van der Waals surface area (Å²) in [7, 11) is -3.99. The van der Waals surface area contributed by atoms with Crippen LogP contribution in [0.4, 0.5) is 23.4 Å². The molecule has 5 rings (SSSR count). The van der Waals surface area contributed by atoms with E-state index < -0.39 is 27.6 Å². The molecule has 11 heteroatoms. The zero-order chi connectivity index (χ0) is 26.2. The van der Waals surface area contributed by atoms with E-state index in [1.165, 1.54) is 61.1 Å². The van der Waals surface area contributed by atoms with Crippen molar-refractivity contribution >= 4 is 15.8 Å². The van der Waals surface area contributed by atoms with E-state index in [4.69, 9.17) is 4.74 Å². The highest BCUT2D eigenvalue weighted by atomic mass is 32.2. The van der Waals surface area contributed by atoms with Gasteiger partial charge in [0.05, 0.1) is 17.1 Å². The van der Waals surface area contributed by atoms with E-state index in [0.717, 1.165) is 12.1 Å². The van der Waals surface area contributed by atoms with Crippen LogP contribution in [0.25, 0.3) is 11.1 Å². The van der Waals surface area contributed by atoms with Crippen LogP contribution >= 0.6 is 0 Å². The van der Waals surface area contributed by atoms with Gasteiger partial charge in [-0.2, -0.15) is 13.2 Å². The fraction of sp³-hybridized carbons (Fsp3) is 0.154. The summed E-state index contributed by atoms with van der Waals surface area (Å²) in [4.78, 5) is 7.55. The van der Waals surface area contributed by atoms with Gasteiger partial charge in [0.25, 0.3) is 10.0 Å².